The number of hydrogen-bond donors (Lipinski definition) is 0. The fraction of sp³-hybridized carbons (Fsp3) is 0.450. The molecule has 4 heteroatoms. The molecule has 3 nitrogen and oxygen atoms in total. The van der Waals surface area contributed by atoms with Crippen molar-refractivity contribution in [3.05, 3.63) is 40.3 Å². The largest absolute Gasteiger partial charge is 0.497 e. The third kappa shape index (κ3) is 2.63. The van der Waals surface area contributed by atoms with Crippen LogP contribution < -0.4 is 4.74 Å². The van der Waals surface area contributed by atoms with Crippen LogP contribution >= 0.6 is 11.3 Å². The molecule has 1 aromatic heterocycles. The first-order valence-corrected chi connectivity index (χ1v) is 9.52. The summed E-state index contributed by atoms with van der Waals surface area (Å²) in [6.07, 6.45) is 4.32. The number of carbonyl (C=O) groups excluding carboxylic acids is 1. The Kier molecular flexibility index (Phi) is 3.87. The van der Waals surface area contributed by atoms with Gasteiger partial charge in [-0.3, -0.25) is 4.79 Å². The monoisotopic (exact) mass is 341 g/mol. The van der Waals surface area contributed by atoms with Gasteiger partial charge in [-0.05, 0) is 80.5 Å². The van der Waals surface area contributed by atoms with Gasteiger partial charge in [0.1, 0.15) is 5.75 Å². The number of aryl methyl sites for hydroxylation is 2. The number of carbonyl (C=O) groups is 1. The van der Waals surface area contributed by atoms with Crippen molar-refractivity contribution in [1.29, 1.82) is 0 Å². The number of thiophene rings is 1. The molecule has 0 saturated heterocycles. The molecule has 1 fully saturated rings. The zero-order valence-corrected chi connectivity index (χ0v) is 15.3. The van der Waals surface area contributed by atoms with Crippen LogP contribution in [0, 0.1) is 0 Å². The second-order valence-corrected chi connectivity index (χ2v) is 8.08. The van der Waals surface area contributed by atoms with E-state index in [0.29, 0.717) is 6.04 Å². The Labute approximate surface area is 147 Å². The Morgan fingerprint density at radius 3 is 2.62 bits per heavy atom. The van der Waals surface area contributed by atoms with Crippen LogP contribution in [-0.2, 0) is 12.8 Å². The Bertz CT molecular complexity index is 787. The lowest BCUT2D eigenvalue weighted by Gasteiger charge is -2.26. The smallest absolute Gasteiger partial charge is 0.264 e. The molecule has 4 rings (SSSR count). The van der Waals surface area contributed by atoms with Gasteiger partial charge >= 0.3 is 0 Å². The highest BCUT2D eigenvalue weighted by Gasteiger charge is 2.36. The second kappa shape index (κ2) is 5.92. The first kappa shape index (κ1) is 15.7. The molecule has 0 atom stereocenters. The molecule has 0 bridgehead atoms. The van der Waals surface area contributed by atoms with E-state index in [1.54, 1.807) is 18.4 Å². The standard InChI is InChI=1S/C20H23NO2S/c1-12(2)21(15-6-7-15)20(22)18-11-14-5-4-13-10-16(23-3)8-9-17(13)19(14)24-18/h8-12,15H,4-7H2,1-3H3. The summed E-state index contributed by atoms with van der Waals surface area (Å²) in [5.41, 5.74) is 3.91. The summed E-state index contributed by atoms with van der Waals surface area (Å²) < 4.78 is 5.35. The summed E-state index contributed by atoms with van der Waals surface area (Å²) in [7, 11) is 1.70. The van der Waals surface area contributed by atoms with Crippen molar-refractivity contribution < 1.29 is 9.53 Å². The number of nitrogens with zero attached hydrogens (tertiary/aromatic N) is 1. The molecule has 1 saturated carbocycles. The molecule has 1 amide bonds. The molecule has 0 radical (unpaired) electrons. The molecule has 0 unspecified atom stereocenters. The molecule has 1 heterocycles. The van der Waals surface area contributed by atoms with Crippen LogP contribution in [0.4, 0.5) is 0 Å². The van der Waals surface area contributed by atoms with Gasteiger partial charge in [0.15, 0.2) is 0 Å². The molecule has 0 spiro atoms. The van der Waals surface area contributed by atoms with E-state index in [2.05, 4.69) is 36.9 Å². The quantitative estimate of drug-likeness (QED) is 0.817. The first-order chi connectivity index (χ1) is 11.6. The van der Waals surface area contributed by atoms with E-state index in [4.69, 9.17) is 4.74 Å². The lowest BCUT2D eigenvalue weighted by atomic mass is 9.91. The minimum atomic E-state index is 0.210. The average molecular weight is 341 g/mol. The molecular formula is C20H23NO2S. The second-order valence-electron chi connectivity index (χ2n) is 7.03. The summed E-state index contributed by atoms with van der Waals surface area (Å²) in [5, 5.41) is 0. The maximum absolute atomic E-state index is 13.0. The Morgan fingerprint density at radius 2 is 1.96 bits per heavy atom. The van der Waals surface area contributed by atoms with Crippen molar-refractivity contribution in [1.82, 2.24) is 4.90 Å². The van der Waals surface area contributed by atoms with Crippen molar-refractivity contribution in [3.63, 3.8) is 0 Å². The predicted molar refractivity (Wildman–Crippen MR) is 98.0 cm³/mol. The fourth-order valence-corrected chi connectivity index (χ4v) is 4.86. The predicted octanol–water partition coefficient (Wildman–Crippen LogP) is 4.54. The highest BCUT2D eigenvalue weighted by Crippen LogP contribution is 2.42. The normalized spacial score (nSPS) is 15.8. The van der Waals surface area contributed by atoms with E-state index in [1.165, 1.54) is 21.6 Å². The van der Waals surface area contributed by atoms with Crippen molar-refractivity contribution in [2.24, 2.45) is 0 Å². The lowest BCUT2D eigenvalue weighted by molar-refractivity contribution is 0.0695. The molecule has 0 N–H and O–H groups in total. The van der Waals surface area contributed by atoms with Gasteiger partial charge in [-0.25, -0.2) is 0 Å². The van der Waals surface area contributed by atoms with Crippen LogP contribution in [0.3, 0.4) is 0 Å². The van der Waals surface area contributed by atoms with Crippen LogP contribution in [0.2, 0.25) is 0 Å². The van der Waals surface area contributed by atoms with Gasteiger partial charge in [-0.1, -0.05) is 0 Å². The van der Waals surface area contributed by atoms with E-state index >= 15 is 0 Å². The number of ether oxygens (including phenoxy) is 1. The number of rotatable bonds is 4. The maximum Gasteiger partial charge on any atom is 0.264 e. The number of fused-ring (bicyclic) bond motifs is 3. The van der Waals surface area contributed by atoms with Crippen LogP contribution in [0.15, 0.2) is 24.3 Å². The Morgan fingerprint density at radius 1 is 1.21 bits per heavy atom. The number of amides is 1. The minimum absolute atomic E-state index is 0.210. The van der Waals surface area contributed by atoms with E-state index in [1.807, 2.05) is 6.07 Å². The van der Waals surface area contributed by atoms with E-state index in [-0.39, 0.29) is 11.9 Å². The summed E-state index contributed by atoms with van der Waals surface area (Å²) in [5.74, 6) is 1.12. The highest BCUT2D eigenvalue weighted by molar-refractivity contribution is 7.17. The summed E-state index contributed by atoms with van der Waals surface area (Å²) >= 11 is 1.66. The Hall–Kier alpha value is -1.81. The molecule has 2 aromatic rings. The van der Waals surface area contributed by atoms with E-state index < -0.39 is 0 Å². The number of methoxy groups -OCH3 is 1. The van der Waals surface area contributed by atoms with E-state index in [9.17, 15) is 4.79 Å². The van der Waals surface area contributed by atoms with Gasteiger partial charge in [0, 0.05) is 17.0 Å². The summed E-state index contributed by atoms with van der Waals surface area (Å²) in [6.45, 7) is 4.23. The van der Waals surface area contributed by atoms with Crippen LogP contribution in [-0.4, -0.2) is 30.0 Å². The highest BCUT2D eigenvalue weighted by atomic mass is 32.1. The lowest BCUT2D eigenvalue weighted by Crippen LogP contribution is -2.38. The average Bonchev–Trinajstić information content (AvgIpc) is 3.30. The maximum atomic E-state index is 13.0. The molecular weight excluding hydrogens is 318 g/mol. The molecule has 0 aliphatic heterocycles. The fourth-order valence-electron chi connectivity index (χ4n) is 3.64. The summed E-state index contributed by atoms with van der Waals surface area (Å²) in [4.78, 5) is 17.2. The number of benzene rings is 1. The summed E-state index contributed by atoms with van der Waals surface area (Å²) in [6, 6.07) is 9.13. The van der Waals surface area contributed by atoms with Crippen molar-refractivity contribution in [2.45, 2.75) is 51.6 Å². The molecule has 2 aliphatic rings. The third-order valence-corrected chi connectivity index (χ3v) is 6.17. The third-order valence-electron chi connectivity index (χ3n) is 4.97. The Balaban J connectivity index is 1.69. The van der Waals surface area contributed by atoms with Gasteiger partial charge in [0.2, 0.25) is 0 Å². The van der Waals surface area contributed by atoms with Crippen LogP contribution in [0.1, 0.15) is 47.5 Å². The van der Waals surface area contributed by atoms with Gasteiger partial charge in [-0.2, -0.15) is 0 Å². The topological polar surface area (TPSA) is 29.5 Å². The van der Waals surface area contributed by atoms with Gasteiger partial charge in [0.25, 0.3) is 5.91 Å². The van der Waals surface area contributed by atoms with Crippen LogP contribution in [0.25, 0.3) is 10.4 Å². The SMILES string of the molecule is COc1ccc2c(c1)CCc1cc(C(=O)N(C(C)C)C3CC3)sc1-2. The van der Waals surface area contributed by atoms with Crippen LogP contribution in [0.5, 0.6) is 5.75 Å². The first-order valence-electron chi connectivity index (χ1n) is 8.71. The minimum Gasteiger partial charge on any atom is -0.497 e. The molecule has 126 valence electrons. The van der Waals surface area contributed by atoms with Crippen molar-refractivity contribution in [3.8, 4) is 16.2 Å². The van der Waals surface area contributed by atoms with Gasteiger partial charge in [-0.15, -0.1) is 11.3 Å². The molecule has 2 aliphatic carbocycles. The number of hydrogen-bond acceptors (Lipinski definition) is 3. The van der Waals surface area contributed by atoms with E-state index in [0.717, 1.165) is 36.3 Å². The van der Waals surface area contributed by atoms with Crippen molar-refractivity contribution in [2.75, 3.05) is 7.11 Å². The zero-order chi connectivity index (χ0) is 16.8. The van der Waals surface area contributed by atoms with Gasteiger partial charge in [0.05, 0.1) is 12.0 Å². The van der Waals surface area contributed by atoms with Crippen molar-refractivity contribution >= 4 is 17.2 Å². The molecule has 1 aromatic carbocycles. The zero-order valence-electron chi connectivity index (χ0n) is 14.5. The molecule has 24 heavy (non-hydrogen) atoms. The van der Waals surface area contributed by atoms with Gasteiger partial charge < -0.3 is 9.64 Å².